The molecular weight excluding hydrogens is 250 g/mol. The molecule has 2 rings (SSSR count). The second kappa shape index (κ2) is 6.93. The third kappa shape index (κ3) is 3.42. The Bertz CT molecular complexity index is 414. The molecule has 1 aromatic rings. The van der Waals surface area contributed by atoms with Crippen LogP contribution in [-0.4, -0.2) is 42.7 Å². The number of pyridine rings is 1. The van der Waals surface area contributed by atoms with Crippen molar-refractivity contribution in [3.63, 3.8) is 0 Å². The highest BCUT2D eigenvalue weighted by atomic mass is 16.5. The summed E-state index contributed by atoms with van der Waals surface area (Å²) in [6.07, 6.45) is 7.98. The summed E-state index contributed by atoms with van der Waals surface area (Å²) in [5.74, 6) is 1.73. The van der Waals surface area contributed by atoms with Crippen molar-refractivity contribution in [3.05, 3.63) is 18.3 Å². The number of hydrogen-bond donors (Lipinski definition) is 1. The zero-order chi connectivity index (χ0) is 14.4. The van der Waals surface area contributed by atoms with E-state index in [0.29, 0.717) is 0 Å². The number of nitrogens with one attached hydrogen (secondary N) is 1. The van der Waals surface area contributed by atoms with Gasteiger partial charge in [-0.1, -0.05) is 19.8 Å². The van der Waals surface area contributed by atoms with Crippen molar-refractivity contribution in [1.82, 2.24) is 9.88 Å². The number of aromatic nitrogens is 1. The van der Waals surface area contributed by atoms with Crippen LogP contribution in [0.4, 0.5) is 5.82 Å². The second-order valence-corrected chi connectivity index (χ2v) is 5.88. The lowest BCUT2D eigenvalue weighted by atomic mass is 9.96. The quantitative estimate of drug-likeness (QED) is 0.830. The average molecular weight is 277 g/mol. The van der Waals surface area contributed by atoms with E-state index < -0.39 is 0 Å². The highest BCUT2D eigenvalue weighted by Gasteiger charge is 2.35. The highest BCUT2D eigenvalue weighted by molar-refractivity contribution is 5.49. The Hall–Kier alpha value is -1.29. The summed E-state index contributed by atoms with van der Waals surface area (Å²) in [5, 5.41) is 3.51. The van der Waals surface area contributed by atoms with Gasteiger partial charge in [-0.05, 0) is 45.5 Å². The average Bonchev–Trinajstić information content (AvgIpc) is 2.94. The van der Waals surface area contributed by atoms with Gasteiger partial charge in [0, 0.05) is 18.3 Å². The van der Waals surface area contributed by atoms with Gasteiger partial charge in [0.2, 0.25) is 0 Å². The first kappa shape index (κ1) is 15.1. The molecule has 1 heterocycles. The van der Waals surface area contributed by atoms with E-state index >= 15 is 0 Å². The Kier molecular flexibility index (Phi) is 5.24. The van der Waals surface area contributed by atoms with E-state index in [0.717, 1.165) is 31.1 Å². The minimum atomic E-state index is 0.263. The summed E-state index contributed by atoms with van der Waals surface area (Å²) < 4.78 is 5.76. The first-order chi connectivity index (χ1) is 9.68. The van der Waals surface area contributed by atoms with Crippen molar-refractivity contribution in [2.75, 3.05) is 32.6 Å². The Labute approximate surface area is 122 Å². The molecule has 0 radical (unpaired) electrons. The monoisotopic (exact) mass is 277 g/mol. The zero-order valence-corrected chi connectivity index (χ0v) is 13.0. The maximum atomic E-state index is 5.76. The molecule has 112 valence electrons. The summed E-state index contributed by atoms with van der Waals surface area (Å²) >= 11 is 0. The van der Waals surface area contributed by atoms with Gasteiger partial charge in [-0.2, -0.15) is 0 Å². The van der Waals surface area contributed by atoms with Crippen LogP contribution in [0.15, 0.2) is 18.3 Å². The maximum Gasteiger partial charge on any atom is 0.168 e. The fraction of sp³-hybridized carbons (Fsp3) is 0.688. The third-order valence-corrected chi connectivity index (χ3v) is 4.30. The first-order valence-corrected chi connectivity index (χ1v) is 7.67. The summed E-state index contributed by atoms with van der Waals surface area (Å²) in [5.41, 5.74) is 0.263. The maximum absolute atomic E-state index is 5.76. The molecule has 20 heavy (non-hydrogen) atoms. The molecule has 0 aliphatic heterocycles. The molecule has 0 bridgehead atoms. The fourth-order valence-corrected chi connectivity index (χ4v) is 2.92. The molecule has 1 saturated carbocycles. The summed E-state index contributed by atoms with van der Waals surface area (Å²) in [6, 6.07) is 3.91. The molecule has 1 aromatic heterocycles. The van der Waals surface area contributed by atoms with Crippen LogP contribution < -0.4 is 10.1 Å². The lowest BCUT2D eigenvalue weighted by Gasteiger charge is -2.36. The van der Waals surface area contributed by atoms with Crippen LogP contribution in [0.25, 0.3) is 0 Å². The SMILES string of the molecule is CCCOc1cccnc1NCC1(N(C)C)CCCC1. The molecule has 0 saturated heterocycles. The standard InChI is InChI=1S/C16H27N3O/c1-4-12-20-14-8-7-11-17-15(14)18-13-16(19(2)3)9-5-6-10-16/h7-8,11H,4-6,9-10,12-13H2,1-3H3,(H,17,18). The molecule has 0 spiro atoms. The number of anilines is 1. The predicted octanol–water partition coefficient (Wildman–Crippen LogP) is 3.16. The largest absolute Gasteiger partial charge is 0.490 e. The third-order valence-electron chi connectivity index (χ3n) is 4.30. The van der Waals surface area contributed by atoms with Gasteiger partial charge in [0.15, 0.2) is 11.6 Å². The number of nitrogens with zero attached hydrogens (tertiary/aromatic N) is 2. The van der Waals surface area contributed by atoms with Gasteiger partial charge in [0.05, 0.1) is 6.61 Å². The molecule has 0 atom stereocenters. The summed E-state index contributed by atoms with van der Waals surface area (Å²) in [7, 11) is 4.36. The van der Waals surface area contributed by atoms with E-state index in [2.05, 4.69) is 36.2 Å². The van der Waals surface area contributed by atoms with Crippen LogP contribution in [0.1, 0.15) is 39.0 Å². The Morgan fingerprint density at radius 1 is 1.35 bits per heavy atom. The molecule has 0 unspecified atom stereocenters. The minimum absolute atomic E-state index is 0.263. The molecule has 0 aromatic carbocycles. The number of rotatable bonds is 7. The normalized spacial score (nSPS) is 17.4. The van der Waals surface area contributed by atoms with Crippen LogP contribution in [0.2, 0.25) is 0 Å². The van der Waals surface area contributed by atoms with Crippen LogP contribution in [0, 0.1) is 0 Å². The molecule has 4 nitrogen and oxygen atoms in total. The molecule has 4 heteroatoms. The Morgan fingerprint density at radius 3 is 2.75 bits per heavy atom. The lowest BCUT2D eigenvalue weighted by Crippen LogP contribution is -2.47. The van der Waals surface area contributed by atoms with Gasteiger partial charge in [0.1, 0.15) is 0 Å². The molecule has 1 aliphatic rings. The summed E-state index contributed by atoms with van der Waals surface area (Å²) in [6.45, 7) is 3.78. The lowest BCUT2D eigenvalue weighted by molar-refractivity contribution is 0.172. The van der Waals surface area contributed by atoms with Crippen molar-refractivity contribution in [2.45, 2.75) is 44.6 Å². The Morgan fingerprint density at radius 2 is 2.10 bits per heavy atom. The van der Waals surface area contributed by atoms with Crippen molar-refractivity contribution in [1.29, 1.82) is 0 Å². The first-order valence-electron chi connectivity index (χ1n) is 7.67. The minimum Gasteiger partial charge on any atom is -0.490 e. The van der Waals surface area contributed by atoms with E-state index in [9.17, 15) is 0 Å². The van der Waals surface area contributed by atoms with E-state index in [1.807, 2.05) is 18.3 Å². The van der Waals surface area contributed by atoms with Crippen LogP contribution >= 0.6 is 0 Å². The van der Waals surface area contributed by atoms with Crippen molar-refractivity contribution < 1.29 is 4.74 Å². The van der Waals surface area contributed by atoms with Gasteiger partial charge in [-0.3, -0.25) is 0 Å². The van der Waals surface area contributed by atoms with Crippen LogP contribution in [-0.2, 0) is 0 Å². The van der Waals surface area contributed by atoms with Crippen molar-refractivity contribution in [2.24, 2.45) is 0 Å². The molecule has 1 fully saturated rings. The molecular formula is C16H27N3O. The van der Waals surface area contributed by atoms with Gasteiger partial charge in [-0.15, -0.1) is 0 Å². The topological polar surface area (TPSA) is 37.4 Å². The van der Waals surface area contributed by atoms with Gasteiger partial charge < -0.3 is 15.0 Å². The smallest absolute Gasteiger partial charge is 0.168 e. The molecule has 1 aliphatic carbocycles. The Balaban J connectivity index is 2.02. The summed E-state index contributed by atoms with van der Waals surface area (Å²) in [4.78, 5) is 6.79. The number of likely N-dealkylation sites (N-methyl/N-ethyl adjacent to an activating group) is 1. The van der Waals surface area contributed by atoms with Crippen LogP contribution in [0.5, 0.6) is 5.75 Å². The highest BCUT2D eigenvalue weighted by Crippen LogP contribution is 2.34. The second-order valence-electron chi connectivity index (χ2n) is 5.88. The van der Waals surface area contributed by atoms with E-state index in [1.54, 1.807) is 0 Å². The number of ether oxygens (including phenoxy) is 1. The van der Waals surface area contributed by atoms with Gasteiger partial charge in [0.25, 0.3) is 0 Å². The fourth-order valence-electron chi connectivity index (χ4n) is 2.92. The van der Waals surface area contributed by atoms with E-state index in [1.165, 1.54) is 25.7 Å². The van der Waals surface area contributed by atoms with Gasteiger partial charge in [-0.25, -0.2) is 4.98 Å². The molecule has 1 N–H and O–H groups in total. The number of hydrogen-bond acceptors (Lipinski definition) is 4. The molecule has 0 amide bonds. The van der Waals surface area contributed by atoms with Crippen molar-refractivity contribution in [3.8, 4) is 5.75 Å². The van der Waals surface area contributed by atoms with Gasteiger partial charge >= 0.3 is 0 Å². The van der Waals surface area contributed by atoms with Crippen LogP contribution in [0.3, 0.4) is 0 Å². The zero-order valence-electron chi connectivity index (χ0n) is 13.0. The van der Waals surface area contributed by atoms with Crippen molar-refractivity contribution >= 4 is 5.82 Å². The van der Waals surface area contributed by atoms with E-state index in [4.69, 9.17) is 4.74 Å². The predicted molar refractivity (Wildman–Crippen MR) is 83.4 cm³/mol. The van der Waals surface area contributed by atoms with E-state index in [-0.39, 0.29) is 5.54 Å².